The van der Waals surface area contributed by atoms with Crippen molar-refractivity contribution < 1.29 is 0 Å². The van der Waals surface area contributed by atoms with E-state index in [0.29, 0.717) is 0 Å². The summed E-state index contributed by atoms with van der Waals surface area (Å²) in [5.41, 5.74) is 15.4. The molecule has 0 aliphatic rings. The molecule has 0 amide bonds. The lowest BCUT2D eigenvalue weighted by atomic mass is 10.0. The zero-order chi connectivity index (χ0) is 10.1. The Kier molecular flexibility index (Phi) is 2.17. The van der Waals surface area contributed by atoms with E-state index in [9.17, 15) is 0 Å². The number of benzene rings is 1. The summed E-state index contributed by atoms with van der Waals surface area (Å²) in [6.07, 6.45) is 0. The van der Waals surface area contributed by atoms with Crippen molar-refractivity contribution >= 4 is 22.7 Å². The summed E-state index contributed by atoms with van der Waals surface area (Å²) in [7, 11) is 0. The van der Waals surface area contributed by atoms with E-state index in [1.165, 1.54) is 10.4 Å². The molecule has 0 aliphatic heterocycles. The average molecular weight is 204 g/mol. The maximum atomic E-state index is 5.90. The first-order valence-electron chi connectivity index (χ1n) is 4.38. The largest absolute Gasteiger partial charge is 0.399 e. The molecule has 72 valence electrons. The van der Waals surface area contributed by atoms with Crippen LogP contribution in [0.3, 0.4) is 0 Å². The highest BCUT2D eigenvalue weighted by molar-refractivity contribution is 7.10. The molecule has 0 spiro atoms. The van der Waals surface area contributed by atoms with Gasteiger partial charge in [0.2, 0.25) is 0 Å². The van der Waals surface area contributed by atoms with Crippen LogP contribution in [0.5, 0.6) is 0 Å². The van der Waals surface area contributed by atoms with Crippen LogP contribution in [0.1, 0.15) is 4.88 Å². The molecule has 0 saturated heterocycles. The summed E-state index contributed by atoms with van der Waals surface area (Å²) in [5, 5.41) is 2.06. The van der Waals surface area contributed by atoms with Gasteiger partial charge < -0.3 is 11.5 Å². The van der Waals surface area contributed by atoms with Crippen molar-refractivity contribution in [2.75, 3.05) is 11.5 Å². The predicted molar refractivity (Wildman–Crippen MR) is 63.3 cm³/mol. The molecule has 0 fully saturated rings. The monoisotopic (exact) mass is 204 g/mol. The van der Waals surface area contributed by atoms with Crippen molar-refractivity contribution in [2.45, 2.75) is 6.92 Å². The molecule has 0 radical (unpaired) electrons. The molecular formula is C11H12N2S. The molecular weight excluding hydrogens is 192 g/mol. The van der Waals surface area contributed by atoms with Crippen molar-refractivity contribution in [3.8, 4) is 11.1 Å². The smallest absolute Gasteiger partial charge is 0.0395 e. The van der Waals surface area contributed by atoms with Crippen LogP contribution in [-0.4, -0.2) is 0 Å². The minimum absolute atomic E-state index is 0.750. The van der Waals surface area contributed by atoms with Gasteiger partial charge in [-0.1, -0.05) is 0 Å². The van der Waals surface area contributed by atoms with Gasteiger partial charge in [0.05, 0.1) is 0 Å². The van der Waals surface area contributed by atoms with E-state index in [-0.39, 0.29) is 0 Å². The van der Waals surface area contributed by atoms with Gasteiger partial charge in [0, 0.05) is 21.8 Å². The maximum absolute atomic E-state index is 5.90. The van der Waals surface area contributed by atoms with Gasteiger partial charge in [-0.15, -0.1) is 11.3 Å². The lowest BCUT2D eigenvalue weighted by Gasteiger charge is -2.05. The zero-order valence-corrected chi connectivity index (χ0v) is 8.77. The van der Waals surface area contributed by atoms with Crippen LogP contribution in [0.4, 0.5) is 11.4 Å². The molecule has 0 atom stereocenters. The molecule has 1 heterocycles. The third-order valence-corrected chi connectivity index (χ3v) is 3.07. The van der Waals surface area contributed by atoms with E-state index in [4.69, 9.17) is 11.5 Å². The van der Waals surface area contributed by atoms with Crippen LogP contribution in [0, 0.1) is 6.92 Å². The first-order valence-corrected chi connectivity index (χ1v) is 5.26. The molecule has 0 saturated carbocycles. The molecule has 14 heavy (non-hydrogen) atoms. The number of nitrogen functional groups attached to an aromatic ring is 2. The molecule has 3 heteroatoms. The van der Waals surface area contributed by atoms with Gasteiger partial charge in [0.1, 0.15) is 0 Å². The Balaban J connectivity index is 2.62. The SMILES string of the molecule is Cc1sccc1-c1cc(N)ccc1N. The minimum atomic E-state index is 0.750. The van der Waals surface area contributed by atoms with Crippen molar-refractivity contribution in [1.29, 1.82) is 0 Å². The van der Waals surface area contributed by atoms with E-state index >= 15 is 0 Å². The van der Waals surface area contributed by atoms with Crippen LogP contribution >= 0.6 is 11.3 Å². The Morgan fingerprint density at radius 2 is 1.86 bits per heavy atom. The quantitative estimate of drug-likeness (QED) is 0.702. The topological polar surface area (TPSA) is 52.0 Å². The molecule has 4 N–H and O–H groups in total. The number of rotatable bonds is 1. The summed E-state index contributed by atoms with van der Waals surface area (Å²) in [5.74, 6) is 0. The fourth-order valence-corrected chi connectivity index (χ4v) is 2.18. The number of hydrogen-bond acceptors (Lipinski definition) is 3. The van der Waals surface area contributed by atoms with E-state index in [1.54, 1.807) is 11.3 Å². The summed E-state index contributed by atoms with van der Waals surface area (Å²) >= 11 is 1.72. The van der Waals surface area contributed by atoms with Crippen molar-refractivity contribution in [3.63, 3.8) is 0 Å². The Hall–Kier alpha value is -1.48. The van der Waals surface area contributed by atoms with Gasteiger partial charge in [-0.3, -0.25) is 0 Å². The van der Waals surface area contributed by atoms with Crippen LogP contribution in [0.15, 0.2) is 29.6 Å². The Morgan fingerprint density at radius 3 is 2.50 bits per heavy atom. The summed E-state index contributed by atoms with van der Waals surface area (Å²) in [6.45, 7) is 2.09. The fraction of sp³-hybridized carbons (Fsp3) is 0.0909. The van der Waals surface area contributed by atoms with Gasteiger partial charge in [-0.2, -0.15) is 0 Å². The number of nitrogens with two attached hydrogens (primary N) is 2. The molecule has 2 rings (SSSR count). The molecule has 1 aromatic carbocycles. The standard InChI is InChI=1S/C11H12N2S/c1-7-9(4-5-14-7)10-6-8(12)2-3-11(10)13/h2-6H,12-13H2,1H3. The van der Waals surface area contributed by atoms with E-state index in [0.717, 1.165) is 16.9 Å². The van der Waals surface area contributed by atoms with Gasteiger partial charge >= 0.3 is 0 Å². The molecule has 1 aromatic heterocycles. The maximum Gasteiger partial charge on any atom is 0.0395 e. The summed E-state index contributed by atoms with van der Waals surface area (Å²) < 4.78 is 0. The molecule has 0 unspecified atom stereocenters. The number of aryl methyl sites for hydroxylation is 1. The van der Waals surface area contributed by atoms with Crippen molar-refractivity contribution in [2.24, 2.45) is 0 Å². The first kappa shape index (κ1) is 9.09. The van der Waals surface area contributed by atoms with E-state index in [1.807, 2.05) is 18.2 Å². The van der Waals surface area contributed by atoms with Crippen LogP contribution in [-0.2, 0) is 0 Å². The number of thiophene rings is 1. The van der Waals surface area contributed by atoms with Gasteiger partial charge in [0.15, 0.2) is 0 Å². The van der Waals surface area contributed by atoms with E-state index in [2.05, 4.69) is 18.4 Å². The minimum Gasteiger partial charge on any atom is -0.399 e. The van der Waals surface area contributed by atoms with E-state index < -0.39 is 0 Å². The average Bonchev–Trinajstić information content (AvgIpc) is 2.56. The molecule has 2 aromatic rings. The second-order valence-electron chi connectivity index (χ2n) is 3.24. The Morgan fingerprint density at radius 1 is 1.07 bits per heavy atom. The highest BCUT2D eigenvalue weighted by atomic mass is 32.1. The van der Waals surface area contributed by atoms with Crippen molar-refractivity contribution in [3.05, 3.63) is 34.5 Å². The number of hydrogen-bond donors (Lipinski definition) is 2. The second kappa shape index (κ2) is 3.35. The highest BCUT2D eigenvalue weighted by Gasteiger charge is 2.06. The van der Waals surface area contributed by atoms with Gasteiger partial charge in [-0.05, 0) is 42.1 Å². The van der Waals surface area contributed by atoms with Crippen LogP contribution in [0.2, 0.25) is 0 Å². The fourth-order valence-electron chi connectivity index (χ4n) is 1.47. The molecule has 2 nitrogen and oxygen atoms in total. The molecule has 0 aliphatic carbocycles. The predicted octanol–water partition coefficient (Wildman–Crippen LogP) is 2.89. The van der Waals surface area contributed by atoms with Crippen LogP contribution < -0.4 is 11.5 Å². The number of anilines is 2. The zero-order valence-electron chi connectivity index (χ0n) is 7.95. The third-order valence-electron chi connectivity index (χ3n) is 2.23. The lowest BCUT2D eigenvalue weighted by Crippen LogP contribution is -1.92. The van der Waals surface area contributed by atoms with Crippen LogP contribution in [0.25, 0.3) is 11.1 Å². The first-order chi connectivity index (χ1) is 6.68. The molecule has 0 bridgehead atoms. The van der Waals surface area contributed by atoms with Crippen molar-refractivity contribution in [1.82, 2.24) is 0 Å². The third kappa shape index (κ3) is 1.46. The second-order valence-corrected chi connectivity index (χ2v) is 4.36. The Labute approximate surface area is 87.2 Å². The lowest BCUT2D eigenvalue weighted by molar-refractivity contribution is 1.58. The Bertz CT molecular complexity index is 460. The normalized spacial score (nSPS) is 10.4. The summed E-state index contributed by atoms with van der Waals surface area (Å²) in [4.78, 5) is 1.27. The van der Waals surface area contributed by atoms with Gasteiger partial charge in [-0.25, -0.2) is 0 Å². The highest BCUT2D eigenvalue weighted by Crippen LogP contribution is 2.32. The van der Waals surface area contributed by atoms with Gasteiger partial charge in [0.25, 0.3) is 0 Å². The summed E-state index contributed by atoms with van der Waals surface area (Å²) in [6, 6.07) is 7.66.